The van der Waals surface area contributed by atoms with E-state index in [2.05, 4.69) is 4.98 Å². The molecule has 0 aliphatic rings. The molecule has 0 saturated heterocycles. The van der Waals surface area contributed by atoms with Crippen LogP contribution in [-0.4, -0.2) is 4.98 Å². The number of benzene rings is 1. The van der Waals surface area contributed by atoms with Gasteiger partial charge in [-0.05, 0) is 32.9 Å². The maximum atomic E-state index is 13.7. The maximum absolute atomic E-state index is 13.7. The lowest BCUT2D eigenvalue weighted by Crippen LogP contribution is -2.03. The molecule has 0 bridgehead atoms. The molecular formula is C13H15FN2S. The van der Waals surface area contributed by atoms with Crippen LogP contribution in [0.5, 0.6) is 0 Å². The van der Waals surface area contributed by atoms with E-state index in [1.165, 1.54) is 17.4 Å². The van der Waals surface area contributed by atoms with Crippen molar-refractivity contribution in [3.05, 3.63) is 40.2 Å². The van der Waals surface area contributed by atoms with Crippen molar-refractivity contribution in [2.45, 2.75) is 26.8 Å². The van der Waals surface area contributed by atoms with E-state index < -0.39 is 0 Å². The Balaban J connectivity index is 2.53. The summed E-state index contributed by atoms with van der Waals surface area (Å²) < 4.78 is 13.7. The number of aryl methyl sites for hydroxylation is 2. The number of hydrogen-bond acceptors (Lipinski definition) is 3. The van der Waals surface area contributed by atoms with Crippen LogP contribution in [0.25, 0.3) is 10.6 Å². The first-order valence-electron chi connectivity index (χ1n) is 5.48. The first-order valence-corrected chi connectivity index (χ1v) is 6.30. The van der Waals surface area contributed by atoms with Gasteiger partial charge in [0.2, 0.25) is 0 Å². The van der Waals surface area contributed by atoms with E-state index in [0.717, 1.165) is 16.1 Å². The minimum Gasteiger partial charge on any atom is -0.323 e. The second-order valence-corrected chi connectivity index (χ2v) is 5.27. The second-order valence-electron chi connectivity index (χ2n) is 4.24. The summed E-state index contributed by atoms with van der Waals surface area (Å²) in [5, 5.41) is 0.705. The number of thiazole rings is 1. The van der Waals surface area contributed by atoms with Crippen molar-refractivity contribution < 1.29 is 4.39 Å². The average molecular weight is 250 g/mol. The molecule has 2 rings (SSSR count). The van der Waals surface area contributed by atoms with Crippen molar-refractivity contribution in [2.24, 2.45) is 5.73 Å². The molecule has 2 aromatic rings. The number of nitrogens with zero attached hydrogens (tertiary/aromatic N) is 1. The number of hydrogen-bond donors (Lipinski definition) is 1. The molecular weight excluding hydrogens is 235 g/mol. The summed E-state index contributed by atoms with van der Waals surface area (Å²) in [5.41, 5.74) is 8.33. The Bertz CT molecular complexity index is 546. The first kappa shape index (κ1) is 12.2. The van der Waals surface area contributed by atoms with Gasteiger partial charge in [0.1, 0.15) is 10.8 Å². The van der Waals surface area contributed by atoms with Crippen molar-refractivity contribution in [2.75, 3.05) is 0 Å². The largest absolute Gasteiger partial charge is 0.323 e. The van der Waals surface area contributed by atoms with Crippen LogP contribution in [0.3, 0.4) is 0 Å². The normalized spacial score (nSPS) is 12.8. The molecule has 1 atom stereocenters. The standard InChI is InChI=1S/C13H15FN2S/c1-7-4-5-11(14)10(6-7)13-16-9(3)12(17-13)8(2)15/h4-6,8H,15H2,1-3H3. The van der Waals surface area contributed by atoms with Crippen LogP contribution >= 0.6 is 11.3 Å². The van der Waals surface area contributed by atoms with Gasteiger partial charge in [-0.3, -0.25) is 0 Å². The Hall–Kier alpha value is -1.26. The number of nitrogens with two attached hydrogens (primary N) is 1. The molecule has 0 radical (unpaired) electrons. The van der Waals surface area contributed by atoms with Gasteiger partial charge in [0, 0.05) is 16.5 Å². The monoisotopic (exact) mass is 250 g/mol. The van der Waals surface area contributed by atoms with E-state index >= 15 is 0 Å². The van der Waals surface area contributed by atoms with Gasteiger partial charge in [-0.2, -0.15) is 0 Å². The minimum absolute atomic E-state index is 0.0610. The zero-order chi connectivity index (χ0) is 12.6. The van der Waals surface area contributed by atoms with E-state index in [9.17, 15) is 4.39 Å². The summed E-state index contributed by atoms with van der Waals surface area (Å²) in [6, 6.07) is 4.99. The Morgan fingerprint density at radius 3 is 2.65 bits per heavy atom. The summed E-state index contributed by atoms with van der Waals surface area (Å²) in [5.74, 6) is -0.236. The third-order valence-electron chi connectivity index (χ3n) is 2.60. The predicted octanol–water partition coefficient (Wildman–Crippen LogP) is 3.59. The van der Waals surface area contributed by atoms with Crippen molar-refractivity contribution in [3.8, 4) is 10.6 Å². The van der Waals surface area contributed by atoms with Crippen LogP contribution in [0.2, 0.25) is 0 Å². The summed E-state index contributed by atoms with van der Waals surface area (Å²) >= 11 is 1.47. The molecule has 1 aromatic carbocycles. The molecule has 17 heavy (non-hydrogen) atoms. The molecule has 1 unspecified atom stereocenters. The van der Waals surface area contributed by atoms with Crippen LogP contribution in [0, 0.1) is 19.7 Å². The molecule has 2 N–H and O–H groups in total. The Labute approximate surface area is 104 Å². The molecule has 0 aliphatic carbocycles. The minimum atomic E-state index is -0.236. The summed E-state index contributed by atoms with van der Waals surface area (Å²) in [7, 11) is 0. The van der Waals surface area contributed by atoms with E-state index in [1.807, 2.05) is 26.8 Å². The van der Waals surface area contributed by atoms with Crippen molar-refractivity contribution in [1.29, 1.82) is 0 Å². The highest BCUT2D eigenvalue weighted by atomic mass is 32.1. The third kappa shape index (κ3) is 2.37. The fraction of sp³-hybridized carbons (Fsp3) is 0.308. The van der Waals surface area contributed by atoms with Crippen molar-refractivity contribution >= 4 is 11.3 Å². The summed E-state index contributed by atoms with van der Waals surface area (Å²) in [6.45, 7) is 5.76. The van der Waals surface area contributed by atoms with Gasteiger partial charge >= 0.3 is 0 Å². The summed E-state index contributed by atoms with van der Waals surface area (Å²) in [6.07, 6.45) is 0. The van der Waals surface area contributed by atoms with Gasteiger partial charge in [0.25, 0.3) is 0 Å². The van der Waals surface area contributed by atoms with Crippen LogP contribution in [0.4, 0.5) is 4.39 Å². The van der Waals surface area contributed by atoms with Gasteiger partial charge in [0.15, 0.2) is 0 Å². The van der Waals surface area contributed by atoms with E-state index in [0.29, 0.717) is 10.6 Å². The van der Waals surface area contributed by atoms with Crippen LogP contribution < -0.4 is 5.73 Å². The molecule has 0 saturated carbocycles. The zero-order valence-electron chi connectivity index (χ0n) is 10.1. The molecule has 90 valence electrons. The average Bonchev–Trinajstić information content (AvgIpc) is 2.64. The Morgan fingerprint density at radius 1 is 1.35 bits per heavy atom. The molecule has 0 aliphatic heterocycles. The highest BCUT2D eigenvalue weighted by Crippen LogP contribution is 2.32. The molecule has 0 amide bonds. The molecule has 0 spiro atoms. The van der Waals surface area contributed by atoms with Gasteiger partial charge in [-0.15, -0.1) is 11.3 Å². The molecule has 1 aromatic heterocycles. The van der Waals surface area contributed by atoms with Crippen LogP contribution in [-0.2, 0) is 0 Å². The van der Waals surface area contributed by atoms with Gasteiger partial charge in [0.05, 0.1) is 5.69 Å². The smallest absolute Gasteiger partial charge is 0.133 e. The number of rotatable bonds is 2. The fourth-order valence-electron chi connectivity index (χ4n) is 1.75. The van der Waals surface area contributed by atoms with Gasteiger partial charge in [-0.25, -0.2) is 9.37 Å². The summed E-state index contributed by atoms with van der Waals surface area (Å²) in [4.78, 5) is 5.42. The lowest BCUT2D eigenvalue weighted by atomic mass is 10.1. The van der Waals surface area contributed by atoms with Crippen LogP contribution in [0.15, 0.2) is 18.2 Å². The predicted molar refractivity (Wildman–Crippen MR) is 69.6 cm³/mol. The van der Waals surface area contributed by atoms with Crippen molar-refractivity contribution in [1.82, 2.24) is 4.98 Å². The highest BCUT2D eigenvalue weighted by molar-refractivity contribution is 7.15. The molecule has 2 nitrogen and oxygen atoms in total. The Kier molecular flexibility index (Phi) is 3.26. The quantitative estimate of drug-likeness (QED) is 0.884. The maximum Gasteiger partial charge on any atom is 0.133 e. The van der Waals surface area contributed by atoms with Crippen LogP contribution in [0.1, 0.15) is 29.1 Å². The van der Waals surface area contributed by atoms with Gasteiger partial charge in [-0.1, -0.05) is 11.6 Å². The molecule has 0 fully saturated rings. The number of aromatic nitrogens is 1. The van der Waals surface area contributed by atoms with E-state index in [1.54, 1.807) is 6.07 Å². The van der Waals surface area contributed by atoms with E-state index in [4.69, 9.17) is 5.73 Å². The van der Waals surface area contributed by atoms with E-state index in [-0.39, 0.29) is 11.9 Å². The highest BCUT2D eigenvalue weighted by Gasteiger charge is 2.15. The van der Waals surface area contributed by atoms with Gasteiger partial charge < -0.3 is 5.73 Å². The first-order chi connectivity index (χ1) is 7.99. The molecule has 1 heterocycles. The topological polar surface area (TPSA) is 38.9 Å². The Morgan fingerprint density at radius 2 is 2.06 bits per heavy atom. The SMILES string of the molecule is Cc1ccc(F)c(-c2nc(C)c(C(C)N)s2)c1. The van der Waals surface area contributed by atoms with Crippen molar-refractivity contribution in [3.63, 3.8) is 0 Å². The lowest BCUT2D eigenvalue weighted by molar-refractivity contribution is 0.631. The zero-order valence-corrected chi connectivity index (χ0v) is 10.9. The third-order valence-corrected chi connectivity index (χ3v) is 3.99. The molecule has 4 heteroatoms. The fourth-order valence-corrected chi connectivity index (χ4v) is 2.79. The second kappa shape index (κ2) is 4.55. The lowest BCUT2D eigenvalue weighted by Gasteiger charge is -2.01. The number of halogens is 1.